The van der Waals surface area contributed by atoms with Gasteiger partial charge in [-0.2, -0.15) is 0 Å². The van der Waals surface area contributed by atoms with Gasteiger partial charge in [0.15, 0.2) is 4.32 Å². The van der Waals surface area contributed by atoms with Crippen LogP contribution in [0.25, 0.3) is 17.4 Å². The van der Waals surface area contributed by atoms with Crippen LogP contribution >= 0.6 is 24.0 Å². The Bertz CT molecular complexity index is 1150. The summed E-state index contributed by atoms with van der Waals surface area (Å²) < 4.78 is 19.3. The Morgan fingerprint density at radius 1 is 1.07 bits per heavy atom. The number of furan rings is 1. The van der Waals surface area contributed by atoms with Crippen molar-refractivity contribution >= 4 is 51.9 Å². The maximum absolute atomic E-state index is 13.1. The van der Waals surface area contributed by atoms with Crippen molar-refractivity contribution in [1.29, 1.82) is 0 Å². The summed E-state index contributed by atoms with van der Waals surface area (Å²) in [6, 6.07) is 15.3. The summed E-state index contributed by atoms with van der Waals surface area (Å²) in [5, 5.41) is 8.97. The third-order valence-electron chi connectivity index (χ3n) is 4.20. The fourth-order valence-corrected chi connectivity index (χ4v) is 4.05. The minimum absolute atomic E-state index is 0.185. The summed E-state index contributed by atoms with van der Waals surface area (Å²) in [4.78, 5) is 25.4. The molecule has 144 valence electrons. The predicted octanol–water partition coefficient (Wildman–Crippen LogP) is 5.19. The second kappa shape index (κ2) is 7.65. The molecular formula is C21H12FNO4S2. The number of aromatic carboxylic acids is 1. The van der Waals surface area contributed by atoms with Crippen molar-refractivity contribution in [3.8, 4) is 11.3 Å². The van der Waals surface area contributed by atoms with Crippen LogP contribution in [0.4, 0.5) is 10.1 Å². The van der Waals surface area contributed by atoms with E-state index >= 15 is 0 Å². The highest BCUT2D eigenvalue weighted by molar-refractivity contribution is 8.27. The average molecular weight is 425 g/mol. The van der Waals surface area contributed by atoms with E-state index in [0.717, 1.165) is 11.8 Å². The molecule has 29 heavy (non-hydrogen) atoms. The van der Waals surface area contributed by atoms with Gasteiger partial charge in [0.05, 0.1) is 16.2 Å². The smallest absolute Gasteiger partial charge is 0.335 e. The molecule has 0 atom stereocenters. The zero-order chi connectivity index (χ0) is 20.5. The van der Waals surface area contributed by atoms with Gasteiger partial charge in [-0.3, -0.25) is 9.69 Å². The maximum Gasteiger partial charge on any atom is 0.335 e. The molecule has 1 fully saturated rings. The number of hydrogen-bond donors (Lipinski definition) is 1. The quantitative estimate of drug-likeness (QED) is 0.458. The van der Waals surface area contributed by atoms with E-state index in [2.05, 4.69) is 0 Å². The Balaban J connectivity index is 1.57. The SMILES string of the molecule is O=C(O)c1ccc(-c2ccc(C=C3SC(=S)N(c4ccc(F)cc4)C3=O)o2)cc1. The van der Waals surface area contributed by atoms with Crippen LogP contribution < -0.4 is 4.90 Å². The molecule has 1 aromatic heterocycles. The topological polar surface area (TPSA) is 70.8 Å². The molecule has 0 bridgehead atoms. The van der Waals surface area contributed by atoms with Gasteiger partial charge in [-0.15, -0.1) is 0 Å². The lowest BCUT2D eigenvalue weighted by Gasteiger charge is -2.14. The van der Waals surface area contributed by atoms with Crippen molar-refractivity contribution in [1.82, 2.24) is 0 Å². The number of hydrogen-bond acceptors (Lipinski definition) is 5. The van der Waals surface area contributed by atoms with Crippen molar-refractivity contribution in [2.45, 2.75) is 0 Å². The van der Waals surface area contributed by atoms with Gasteiger partial charge in [0, 0.05) is 11.6 Å². The van der Waals surface area contributed by atoms with Crippen LogP contribution in [0.1, 0.15) is 16.1 Å². The predicted molar refractivity (Wildman–Crippen MR) is 113 cm³/mol. The van der Waals surface area contributed by atoms with Gasteiger partial charge in [-0.05, 0) is 48.5 Å². The molecule has 0 unspecified atom stereocenters. The number of benzene rings is 2. The number of amides is 1. The highest BCUT2D eigenvalue weighted by Crippen LogP contribution is 2.36. The van der Waals surface area contributed by atoms with E-state index in [1.807, 2.05) is 0 Å². The van der Waals surface area contributed by atoms with Crippen LogP contribution in [0.5, 0.6) is 0 Å². The zero-order valence-corrected chi connectivity index (χ0v) is 16.3. The van der Waals surface area contributed by atoms with E-state index in [1.54, 1.807) is 30.3 Å². The number of carbonyl (C=O) groups is 2. The molecular weight excluding hydrogens is 413 g/mol. The molecule has 5 nitrogen and oxygen atoms in total. The molecule has 1 amide bonds. The lowest BCUT2D eigenvalue weighted by Crippen LogP contribution is -2.27. The number of rotatable bonds is 4. The number of halogens is 1. The summed E-state index contributed by atoms with van der Waals surface area (Å²) in [6.45, 7) is 0. The Hall–Kier alpha value is -3.23. The van der Waals surface area contributed by atoms with Gasteiger partial charge in [-0.25, -0.2) is 9.18 Å². The number of thiocarbonyl (C=S) groups is 1. The Labute approximate surface area is 174 Å². The Morgan fingerprint density at radius 3 is 2.41 bits per heavy atom. The van der Waals surface area contributed by atoms with Crippen molar-refractivity contribution < 1.29 is 23.5 Å². The lowest BCUT2D eigenvalue weighted by atomic mass is 10.1. The van der Waals surface area contributed by atoms with Gasteiger partial charge < -0.3 is 9.52 Å². The second-order valence-electron chi connectivity index (χ2n) is 6.08. The summed E-state index contributed by atoms with van der Waals surface area (Å²) >= 11 is 6.43. The van der Waals surface area contributed by atoms with Gasteiger partial charge in [0.2, 0.25) is 0 Å². The van der Waals surface area contributed by atoms with Crippen LogP contribution in [0.15, 0.2) is 70.0 Å². The first-order valence-electron chi connectivity index (χ1n) is 8.39. The summed E-state index contributed by atoms with van der Waals surface area (Å²) in [7, 11) is 0. The van der Waals surface area contributed by atoms with Crippen molar-refractivity contribution in [2.75, 3.05) is 4.90 Å². The molecule has 1 aliphatic rings. The molecule has 4 rings (SSSR count). The molecule has 3 aromatic rings. The number of carboxylic acid groups (broad SMARTS) is 1. The first-order valence-corrected chi connectivity index (χ1v) is 9.62. The third-order valence-corrected chi connectivity index (χ3v) is 5.50. The molecule has 0 aliphatic carbocycles. The first-order chi connectivity index (χ1) is 13.9. The summed E-state index contributed by atoms with van der Waals surface area (Å²) in [5.74, 6) is -0.700. The van der Waals surface area contributed by atoms with E-state index in [1.165, 1.54) is 41.3 Å². The zero-order valence-electron chi connectivity index (χ0n) is 14.7. The minimum Gasteiger partial charge on any atom is -0.478 e. The van der Waals surface area contributed by atoms with E-state index in [4.69, 9.17) is 21.7 Å². The fraction of sp³-hybridized carbons (Fsp3) is 0. The average Bonchev–Trinajstić information content (AvgIpc) is 3.28. The molecule has 2 heterocycles. The van der Waals surface area contributed by atoms with E-state index in [0.29, 0.717) is 32.0 Å². The molecule has 0 radical (unpaired) electrons. The monoisotopic (exact) mass is 425 g/mol. The molecule has 1 aliphatic heterocycles. The number of carboxylic acids is 1. The van der Waals surface area contributed by atoms with Gasteiger partial charge in [0.25, 0.3) is 5.91 Å². The standard InChI is InChI=1S/C21H12FNO4S2/c22-14-5-7-15(8-6-14)23-19(24)18(29-21(23)28)11-16-9-10-17(27-16)12-1-3-13(4-2-12)20(25)26/h1-11H,(H,25,26). The lowest BCUT2D eigenvalue weighted by molar-refractivity contribution is -0.113. The summed E-state index contributed by atoms with van der Waals surface area (Å²) in [5.41, 5.74) is 1.40. The van der Waals surface area contributed by atoms with Crippen molar-refractivity contribution in [3.05, 3.63) is 82.7 Å². The van der Waals surface area contributed by atoms with Crippen LogP contribution in [-0.4, -0.2) is 21.3 Å². The molecule has 2 aromatic carbocycles. The Morgan fingerprint density at radius 2 is 1.76 bits per heavy atom. The van der Waals surface area contributed by atoms with E-state index in [-0.39, 0.29) is 11.5 Å². The molecule has 8 heteroatoms. The first kappa shape index (κ1) is 19.1. The van der Waals surface area contributed by atoms with Gasteiger partial charge in [0.1, 0.15) is 17.3 Å². The number of anilines is 1. The number of nitrogens with zero attached hydrogens (tertiary/aromatic N) is 1. The van der Waals surface area contributed by atoms with E-state index in [9.17, 15) is 14.0 Å². The van der Waals surface area contributed by atoms with Crippen LogP contribution in [0, 0.1) is 5.82 Å². The minimum atomic E-state index is -1.00. The normalized spacial score (nSPS) is 15.3. The van der Waals surface area contributed by atoms with Crippen LogP contribution in [0.3, 0.4) is 0 Å². The largest absolute Gasteiger partial charge is 0.478 e. The van der Waals surface area contributed by atoms with Crippen molar-refractivity contribution in [3.63, 3.8) is 0 Å². The van der Waals surface area contributed by atoms with E-state index < -0.39 is 11.8 Å². The highest BCUT2D eigenvalue weighted by Gasteiger charge is 2.33. The number of carbonyl (C=O) groups excluding carboxylic acids is 1. The third kappa shape index (κ3) is 3.85. The summed E-state index contributed by atoms with van der Waals surface area (Å²) in [6.07, 6.45) is 1.60. The molecule has 1 saturated heterocycles. The molecule has 0 spiro atoms. The Kier molecular flexibility index (Phi) is 5.04. The van der Waals surface area contributed by atoms with Crippen LogP contribution in [-0.2, 0) is 4.79 Å². The number of thioether (sulfide) groups is 1. The van der Waals surface area contributed by atoms with Gasteiger partial charge in [-0.1, -0.05) is 36.1 Å². The van der Waals surface area contributed by atoms with Gasteiger partial charge >= 0.3 is 5.97 Å². The highest BCUT2D eigenvalue weighted by atomic mass is 32.2. The second-order valence-corrected chi connectivity index (χ2v) is 7.75. The maximum atomic E-state index is 13.1. The van der Waals surface area contributed by atoms with Crippen LogP contribution in [0.2, 0.25) is 0 Å². The fourth-order valence-electron chi connectivity index (χ4n) is 2.77. The van der Waals surface area contributed by atoms with Crippen molar-refractivity contribution in [2.24, 2.45) is 0 Å². The molecule has 0 saturated carbocycles. The molecule has 1 N–H and O–H groups in total.